The fraction of sp³-hybridized carbons (Fsp3) is 0.0952. The molecular weight excluding hydrogens is 612 g/mol. The summed E-state index contributed by atoms with van der Waals surface area (Å²) in [7, 11) is -2.27. The summed E-state index contributed by atoms with van der Waals surface area (Å²) in [5.74, 6) is 0. The Bertz CT molecular complexity index is 2300. The molecule has 1 N–H and O–H groups in total. The quantitative estimate of drug-likeness (QED) is 0.189. The van der Waals surface area contributed by atoms with Crippen molar-refractivity contribution in [2.24, 2.45) is 0 Å². The first-order valence-electron chi connectivity index (χ1n) is 16.3. The summed E-state index contributed by atoms with van der Waals surface area (Å²) in [6.45, 7) is 0. The van der Waals surface area contributed by atoms with E-state index < -0.39 is 16.1 Å². The highest BCUT2D eigenvalue weighted by atomic mass is 31.1. The van der Waals surface area contributed by atoms with Crippen molar-refractivity contribution in [2.45, 2.75) is 25.3 Å². The number of aryl methyl sites for hydroxylation is 1. The van der Waals surface area contributed by atoms with E-state index in [1.165, 1.54) is 48.6 Å². The maximum Gasteiger partial charge on any atom is 0.307 e. The first kappa shape index (κ1) is 28.6. The molecular formula is C42H33NO2P2. The van der Waals surface area contributed by atoms with Crippen LogP contribution in [0.2, 0.25) is 0 Å². The van der Waals surface area contributed by atoms with Gasteiger partial charge in [0.15, 0.2) is 0 Å². The van der Waals surface area contributed by atoms with Crippen molar-refractivity contribution >= 4 is 75.5 Å². The zero-order chi connectivity index (χ0) is 31.2. The van der Waals surface area contributed by atoms with Crippen LogP contribution in [0.3, 0.4) is 0 Å². The predicted molar refractivity (Wildman–Crippen MR) is 202 cm³/mol. The molecule has 228 valence electrons. The van der Waals surface area contributed by atoms with Crippen LogP contribution >= 0.6 is 16.1 Å². The van der Waals surface area contributed by atoms with Gasteiger partial charge < -0.3 is 8.39 Å². The molecule has 7 aromatic carbocycles. The number of fused-ring (bicyclic) bond motifs is 8. The van der Waals surface area contributed by atoms with Gasteiger partial charge in [-0.1, -0.05) is 140 Å². The van der Waals surface area contributed by atoms with Crippen LogP contribution in [0.1, 0.15) is 30.0 Å². The predicted octanol–water partition coefficient (Wildman–Crippen LogP) is 11.0. The van der Waals surface area contributed by atoms with Gasteiger partial charge in [0.1, 0.15) is 11.2 Å². The minimum absolute atomic E-state index is 0.101. The summed E-state index contributed by atoms with van der Waals surface area (Å²) < 4.78 is 13.8. The number of rotatable bonds is 5. The average Bonchev–Trinajstić information content (AvgIpc) is 3.29. The van der Waals surface area contributed by atoms with Gasteiger partial charge in [-0.3, -0.25) is 0 Å². The fourth-order valence-corrected chi connectivity index (χ4v) is 11.2. The molecule has 0 radical (unpaired) electrons. The topological polar surface area (TPSA) is 38.3 Å². The van der Waals surface area contributed by atoms with Gasteiger partial charge in [-0.15, -0.1) is 0 Å². The van der Waals surface area contributed by atoms with Crippen molar-refractivity contribution in [1.29, 1.82) is 0 Å². The van der Waals surface area contributed by atoms with Crippen LogP contribution in [-0.2, 0) is 6.42 Å². The minimum Gasteiger partial charge on any atom is -0.408 e. The van der Waals surface area contributed by atoms with Gasteiger partial charge >= 0.3 is 8.16 Å². The fourth-order valence-electron chi connectivity index (χ4n) is 7.31. The van der Waals surface area contributed by atoms with E-state index in [0.717, 1.165) is 41.2 Å². The third kappa shape index (κ3) is 5.16. The van der Waals surface area contributed by atoms with Crippen molar-refractivity contribution in [1.82, 2.24) is 0 Å². The summed E-state index contributed by atoms with van der Waals surface area (Å²) in [5, 5.41) is 15.0. The maximum absolute atomic E-state index is 6.92. The molecule has 1 aliphatic carbocycles. The normalized spacial score (nSPS) is 14.6. The van der Waals surface area contributed by atoms with E-state index in [4.69, 9.17) is 8.39 Å². The molecule has 8 aromatic rings. The average molecular weight is 646 g/mol. The highest BCUT2D eigenvalue weighted by molar-refractivity contribution is 7.79. The molecule has 1 aliphatic rings. The van der Waals surface area contributed by atoms with E-state index in [2.05, 4.69) is 157 Å². The molecule has 1 unspecified atom stereocenters. The first-order chi connectivity index (χ1) is 23.3. The zero-order valence-electron chi connectivity index (χ0n) is 25.8. The Labute approximate surface area is 276 Å². The molecule has 5 heteroatoms. The molecule has 9 rings (SSSR count). The summed E-state index contributed by atoms with van der Waals surface area (Å²) in [6, 6.07) is 54.8. The van der Waals surface area contributed by atoms with Crippen LogP contribution in [0.4, 0.5) is 0 Å². The number of benzene rings is 7. The molecule has 0 spiro atoms. The SMILES string of the molecule is c1ccc(P(c2ccccc2)c2cccc3c2C(Np2oc4ccc5ccccc5c4c4c(ccc5ccccc54)o2)CCC3)cc1. The second-order valence-electron chi connectivity index (χ2n) is 12.2. The van der Waals surface area contributed by atoms with Gasteiger partial charge in [-0.25, -0.2) is 5.09 Å². The zero-order valence-corrected chi connectivity index (χ0v) is 27.6. The molecule has 1 aromatic heterocycles. The van der Waals surface area contributed by atoms with Gasteiger partial charge in [0.05, 0.1) is 0 Å². The Morgan fingerprint density at radius 1 is 0.553 bits per heavy atom. The summed E-state index contributed by atoms with van der Waals surface area (Å²) in [4.78, 5) is 0. The van der Waals surface area contributed by atoms with E-state index in [0.29, 0.717) is 0 Å². The van der Waals surface area contributed by atoms with Crippen molar-refractivity contribution in [3.05, 3.63) is 163 Å². The lowest BCUT2D eigenvalue weighted by molar-refractivity contribution is 0.589. The molecule has 1 atom stereocenters. The van der Waals surface area contributed by atoms with Crippen LogP contribution in [0, 0.1) is 0 Å². The number of nitrogens with one attached hydrogen (secondary N) is 1. The largest absolute Gasteiger partial charge is 0.408 e. The summed E-state index contributed by atoms with van der Waals surface area (Å²) in [6.07, 6.45) is 3.23. The lowest BCUT2D eigenvalue weighted by atomic mass is 9.88. The second-order valence-corrected chi connectivity index (χ2v) is 15.5. The second kappa shape index (κ2) is 12.2. The molecule has 0 amide bonds. The standard InChI is InChI=1S/C42H33NO2P2/c1-3-17-32(18-4-1)46(33-19-5-2-6-20-33)39-24-12-16-31-15-11-23-36(40(31)39)43-47-44-37-27-25-29-13-7-9-21-34(29)41(37)42-35-22-10-8-14-30(35)26-28-38(42)45-47/h1-10,12-14,16-22,24-28,36,43H,11,15,23H2. The lowest BCUT2D eigenvalue weighted by Gasteiger charge is -2.31. The van der Waals surface area contributed by atoms with Crippen LogP contribution in [0.25, 0.3) is 43.5 Å². The van der Waals surface area contributed by atoms with E-state index in [9.17, 15) is 0 Å². The Hall–Kier alpha value is -4.65. The van der Waals surface area contributed by atoms with E-state index in [1.807, 2.05) is 0 Å². The molecule has 3 nitrogen and oxygen atoms in total. The van der Waals surface area contributed by atoms with E-state index in [1.54, 1.807) is 0 Å². The van der Waals surface area contributed by atoms with Gasteiger partial charge in [0, 0.05) is 16.8 Å². The van der Waals surface area contributed by atoms with E-state index in [-0.39, 0.29) is 6.04 Å². The summed E-state index contributed by atoms with van der Waals surface area (Å²) in [5.41, 5.74) is 4.55. The van der Waals surface area contributed by atoms with Crippen molar-refractivity contribution in [3.8, 4) is 0 Å². The highest BCUT2D eigenvalue weighted by Gasteiger charge is 2.29. The molecule has 0 saturated heterocycles. The Balaban J connectivity index is 1.25. The van der Waals surface area contributed by atoms with Gasteiger partial charge in [-0.2, -0.15) is 0 Å². The van der Waals surface area contributed by atoms with Crippen LogP contribution in [-0.4, -0.2) is 0 Å². The van der Waals surface area contributed by atoms with Crippen LogP contribution < -0.4 is 21.0 Å². The Morgan fingerprint density at radius 2 is 1.11 bits per heavy atom. The Morgan fingerprint density at radius 3 is 1.70 bits per heavy atom. The highest BCUT2D eigenvalue weighted by Crippen LogP contribution is 2.45. The van der Waals surface area contributed by atoms with Gasteiger partial charge in [0.25, 0.3) is 0 Å². The summed E-state index contributed by atoms with van der Waals surface area (Å²) >= 11 is 0. The molecule has 47 heavy (non-hydrogen) atoms. The molecule has 0 bridgehead atoms. The van der Waals surface area contributed by atoms with Crippen molar-refractivity contribution < 1.29 is 8.39 Å². The minimum atomic E-state index is -1.51. The van der Waals surface area contributed by atoms with Gasteiger partial charge in [0.2, 0.25) is 0 Å². The van der Waals surface area contributed by atoms with Crippen LogP contribution in [0.5, 0.6) is 0 Å². The molecule has 0 fully saturated rings. The molecule has 0 saturated carbocycles. The maximum atomic E-state index is 6.92. The molecule has 0 aliphatic heterocycles. The molecule has 1 heterocycles. The monoisotopic (exact) mass is 645 g/mol. The van der Waals surface area contributed by atoms with Gasteiger partial charge in [-0.05, 0) is 87.9 Å². The van der Waals surface area contributed by atoms with Crippen molar-refractivity contribution in [3.63, 3.8) is 0 Å². The third-order valence-electron chi connectivity index (χ3n) is 9.39. The number of hydrogen-bond acceptors (Lipinski definition) is 3. The smallest absolute Gasteiger partial charge is 0.307 e. The van der Waals surface area contributed by atoms with Crippen molar-refractivity contribution in [2.75, 3.05) is 5.09 Å². The lowest BCUT2D eigenvalue weighted by Crippen LogP contribution is -2.29. The third-order valence-corrected chi connectivity index (χ3v) is 13.1. The van der Waals surface area contributed by atoms with E-state index >= 15 is 0 Å². The first-order valence-corrected chi connectivity index (χ1v) is 18.8. The number of hydrogen-bond donors (Lipinski definition) is 1. The Kier molecular flexibility index (Phi) is 7.40. The van der Waals surface area contributed by atoms with Crippen LogP contribution in [0.15, 0.2) is 160 Å².